The molecule has 2 aliphatic rings. The topological polar surface area (TPSA) is 152 Å². The Morgan fingerprint density at radius 1 is 0.544 bits per heavy atom. The van der Waals surface area contributed by atoms with Gasteiger partial charge in [0.15, 0.2) is 18.7 Å². The summed E-state index contributed by atoms with van der Waals surface area (Å²) in [4.78, 5) is 13.4. The SMILES string of the molecule is CC(C)(C)C(=O)O[C@@H]1[C@@H](OCc2ccccc2)[C@H](O[C@@H]2O[C@H](COCc3ccccc3)[C@H](O)[C@H](O)[C@H]2OCc2ccccc2)[C@@H](COCc2ccccc2)O[C@H]1O. The van der Waals surface area contributed by atoms with Crippen LogP contribution in [0.4, 0.5) is 0 Å². The van der Waals surface area contributed by atoms with Crippen LogP contribution in [0.25, 0.3) is 0 Å². The zero-order valence-corrected chi connectivity index (χ0v) is 32.6. The Morgan fingerprint density at radius 3 is 1.46 bits per heavy atom. The van der Waals surface area contributed by atoms with Crippen LogP contribution in [0.1, 0.15) is 43.0 Å². The number of rotatable bonds is 17. The largest absolute Gasteiger partial charge is 0.454 e. The maximum absolute atomic E-state index is 13.4. The molecule has 57 heavy (non-hydrogen) atoms. The number of benzene rings is 4. The predicted molar refractivity (Wildman–Crippen MR) is 208 cm³/mol. The minimum Gasteiger partial charge on any atom is -0.454 e. The number of carbonyl (C=O) groups excluding carboxylic acids is 1. The molecule has 4 aromatic rings. The summed E-state index contributed by atoms with van der Waals surface area (Å²) in [5.74, 6) is -0.590. The minimum atomic E-state index is -1.62. The second-order valence-corrected chi connectivity index (χ2v) is 15.3. The summed E-state index contributed by atoms with van der Waals surface area (Å²) in [6.45, 7) is 5.57. The predicted octanol–water partition coefficient (Wildman–Crippen LogP) is 5.10. The Morgan fingerprint density at radius 2 is 0.982 bits per heavy atom. The smallest absolute Gasteiger partial charge is 0.311 e. The van der Waals surface area contributed by atoms with Crippen LogP contribution in [-0.4, -0.2) is 95.9 Å². The zero-order valence-electron chi connectivity index (χ0n) is 32.6. The number of ether oxygens (including phenoxy) is 8. The molecule has 0 spiro atoms. The number of hydrogen-bond acceptors (Lipinski definition) is 12. The molecule has 0 amide bonds. The van der Waals surface area contributed by atoms with E-state index >= 15 is 0 Å². The molecule has 4 aromatic carbocycles. The van der Waals surface area contributed by atoms with Gasteiger partial charge >= 0.3 is 5.97 Å². The van der Waals surface area contributed by atoms with Gasteiger partial charge in [-0.2, -0.15) is 0 Å². The lowest BCUT2D eigenvalue weighted by Crippen LogP contribution is -2.66. The van der Waals surface area contributed by atoms with E-state index in [1.165, 1.54) is 0 Å². The fourth-order valence-electron chi connectivity index (χ4n) is 6.56. The van der Waals surface area contributed by atoms with Crippen LogP contribution in [0, 0.1) is 5.41 Å². The van der Waals surface area contributed by atoms with Crippen molar-refractivity contribution >= 4 is 5.97 Å². The molecule has 0 radical (unpaired) electrons. The summed E-state index contributed by atoms with van der Waals surface area (Å²) in [5.41, 5.74) is 2.56. The second-order valence-electron chi connectivity index (χ2n) is 15.3. The number of aliphatic hydroxyl groups excluding tert-OH is 3. The fourth-order valence-corrected chi connectivity index (χ4v) is 6.56. The molecular formula is C45H54O12. The van der Waals surface area contributed by atoms with E-state index in [1.807, 2.05) is 121 Å². The summed E-state index contributed by atoms with van der Waals surface area (Å²) in [7, 11) is 0. The van der Waals surface area contributed by atoms with Crippen LogP contribution in [0.2, 0.25) is 0 Å². The molecule has 2 fully saturated rings. The van der Waals surface area contributed by atoms with E-state index in [0.29, 0.717) is 0 Å². The molecule has 0 saturated carbocycles. The lowest BCUT2D eigenvalue weighted by Gasteiger charge is -2.48. The van der Waals surface area contributed by atoms with Crippen molar-refractivity contribution < 1.29 is 58.0 Å². The number of carbonyl (C=O) groups is 1. The van der Waals surface area contributed by atoms with Crippen molar-refractivity contribution in [1.29, 1.82) is 0 Å². The summed E-state index contributed by atoms with van der Waals surface area (Å²) in [6.07, 6.45) is -12.7. The van der Waals surface area contributed by atoms with Crippen molar-refractivity contribution in [2.45, 2.75) is 109 Å². The Kier molecular flexibility index (Phi) is 15.4. The summed E-state index contributed by atoms with van der Waals surface area (Å²) in [5, 5.41) is 34.5. The van der Waals surface area contributed by atoms with Gasteiger partial charge in [0.1, 0.15) is 42.7 Å². The maximum atomic E-state index is 13.4. The Balaban J connectivity index is 1.31. The highest BCUT2D eigenvalue weighted by atomic mass is 16.7. The average molecular weight is 787 g/mol. The quantitative estimate of drug-likeness (QED) is 0.122. The molecule has 2 saturated heterocycles. The third-order valence-corrected chi connectivity index (χ3v) is 9.76. The van der Waals surface area contributed by atoms with Gasteiger partial charge in [0.2, 0.25) is 0 Å². The number of hydrogen-bond donors (Lipinski definition) is 3. The summed E-state index contributed by atoms with van der Waals surface area (Å²) in [6, 6.07) is 37.9. The molecular weight excluding hydrogens is 732 g/mol. The van der Waals surface area contributed by atoms with Gasteiger partial charge in [0.05, 0.1) is 45.1 Å². The molecule has 10 atom stereocenters. The molecule has 0 unspecified atom stereocenters. The summed E-state index contributed by atoms with van der Waals surface area (Å²) >= 11 is 0. The van der Waals surface area contributed by atoms with Crippen LogP contribution in [0.15, 0.2) is 121 Å². The van der Waals surface area contributed by atoms with Crippen LogP contribution in [0.3, 0.4) is 0 Å². The maximum Gasteiger partial charge on any atom is 0.311 e. The van der Waals surface area contributed by atoms with Gasteiger partial charge in [-0.25, -0.2) is 0 Å². The number of aliphatic hydroxyl groups is 3. The van der Waals surface area contributed by atoms with E-state index in [0.717, 1.165) is 22.3 Å². The first kappa shape index (κ1) is 42.6. The highest BCUT2D eigenvalue weighted by Gasteiger charge is 2.54. The molecule has 2 heterocycles. The first-order valence-electron chi connectivity index (χ1n) is 19.3. The van der Waals surface area contributed by atoms with Gasteiger partial charge in [-0.15, -0.1) is 0 Å². The van der Waals surface area contributed by atoms with Crippen molar-refractivity contribution in [2.75, 3.05) is 13.2 Å². The Hall–Kier alpha value is -4.05. The van der Waals surface area contributed by atoms with Crippen LogP contribution >= 0.6 is 0 Å². The molecule has 0 bridgehead atoms. The summed E-state index contributed by atoms with van der Waals surface area (Å²) < 4.78 is 50.3. The first-order chi connectivity index (χ1) is 27.6. The number of esters is 1. The van der Waals surface area contributed by atoms with E-state index in [2.05, 4.69) is 0 Å². The van der Waals surface area contributed by atoms with Gasteiger partial charge in [-0.3, -0.25) is 4.79 Å². The first-order valence-corrected chi connectivity index (χ1v) is 19.3. The van der Waals surface area contributed by atoms with E-state index in [4.69, 9.17) is 37.9 Å². The van der Waals surface area contributed by atoms with Gasteiger partial charge in [-0.1, -0.05) is 121 Å². The monoisotopic (exact) mass is 786 g/mol. The molecule has 12 nitrogen and oxygen atoms in total. The zero-order chi connectivity index (χ0) is 40.2. The third kappa shape index (κ3) is 12.0. The second kappa shape index (κ2) is 20.6. The molecule has 0 aromatic heterocycles. The lowest BCUT2D eigenvalue weighted by molar-refractivity contribution is -0.366. The average Bonchev–Trinajstić information content (AvgIpc) is 3.21. The third-order valence-electron chi connectivity index (χ3n) is 9.76. The molecule has 306 valence electrons. The Labute approximate surface area is 334 Å². The van der Waals surface area contributed by atoms with E-state index in [1.54, 1.807) is 20.8 Å². The Bertz CT molecular complexity index is 1760. The van der Waals surface area contributed by atoms with Crippen molar-refractivity contribution in [1.82, 2.24) is 0 Å². The highest BCUT2D eigenvalue weighted by Crippen LogP contribution is 2.34. The van der Waals surface area contributed by atoms with E-state index in [-0.39, 0.29) is 39.6 Å². The molecule has 0 aliphatic carbocycles. The molecule has 2 aliphatic heterocycles. The van der Waals surface area contributed by atoms with Crippen LogP contribution in [0.5, 0.6) is 0 Å². The van der Waals surface area contributed by atoms with Gasteiger partial charge in [-0.05, 0) is 43.0 Å². The molecule has 6 rings (SSSR count). The highest BCUT2D eigenvalue weighted by molar-refractivity contribution is 5.75. The van der Waals surface area contributed by atoms with Crippen molar-refractivity contribution in [3.63, 3.8) is 0 Å². The van der Waals surface area contributed by atoms with Crippen molar-refractivity contribution in [3.05, 3.63) is 144 Å². The molecule has 12 heteroatoms. The van der Waals surface area contributed by atoms with Crippen molar-refractivity contribution in [2.24, 2.45) is 5.41 Å². The van der Waals surface area contributed by atoms with Crippen LogP contribution in [-0.2, 0) is 69.1 Å². The van der Waals surface area contributed by atoms with Gasteiger partial charge < -0.3 is 53.2 Å². The molecule has 3 N–H and O–H groups in total. The fraction of sp³-hybridized carbons (Fsp3) is 0.444. The van der Waals surface area contributed by atoms with E-state index in [9.17, 15) is 20.1 Å². The van der Waals surface area contributed by atoms with E-state index < -0.39 is 72.8 Å². The van der Waals surface area contributed by atoms with Gasteiger partial charge in [0.25, 0.3) is 0 Å². The normalized spacial score (nSPS) is 27.8. The lowest BCUT2D eigenvalue weighted by atomic mass is 9.95. The van der Waals surface area contributed by atoms with Crippen LogP contribution < -0.4 is 0 Å². The standard InChI is InChI=1S/C45H54O12/c1-45(2,3)44(49)57-41-40(53-27-33-22-14-7-15-23-33)38(35(54-42(41)48)29-51-25-31-18-10-5-11-19-31)56-43-39(52-26-32-20-12-6-13-21-32)37(47)36(46)34(55-43)28-50-24-30-16-8-4-9-17-30/h4-23,34-43,46-48H,24-29H2,1-3H3/t34-,35-,36+,37+,38-,39-,40+,41-,42-,43+/m1/s1. The van der Waals surface area contributed by atoms with Gasteiger partial charge in [0, 0.05) is 0 Å². The van der Waals surface area contributed by atoms with Crippen molar-refractivity contribution in [3.8, 4) is 0 Å². The minimum absolute atomic E-state index is 0.0655.